The summed E-state index contributed by atoms with van der Waals surface area (Å²) in [5.41, 5.74) is 8.32. The molecule has 2 aliphatic rings. The van der Waals surface area contributed by atoms with Crippen LogP contribution >= 0.6 is 0 Å². The van der Waals surface area contributed by atoms with Crippen LogP contribution in [-0.2, 0) is 4.79 Å². The first kappa shape index (κ1) is 19.6. The quantitative estimate of drug-likeness (QED) is 0.549. The third-order valence-electron chi connectivity index (χ3n) is 6.37. The number of nitrogens with two attached hydrogens (primary N) is 1. The van der Waals surface area contributed by atoms with Crippen molar-refractivity contribution >= 4 is 17.3 Å². The molecular weight excluding hydrogens is 367 g/mol. The number of hydrogen-bond donors (Lipinski definition) is 3. The van der Waals surface area contributed by atoms with E-state index >= 15 is 0 Å². The average Bonchev–Trinajstić information content (AvgIpc) is 3.12. The zero-order chi connectivity index (χ0) is 20.5. The first-order valence-corrected chi connectivity index (χ1v) is 10.2. The highest BCUT2D eigenvalue weighted by Gasteiger charge is 2.39. The zero-order valence-corrected chi connectivity index (χ0v) is 16.6. The van der Waals surface area contributed by atoms with E-state index < -0.39 is 0 Å². The summed E-state index contributed by atoms with van der Waals surface area (Å²) in [4.78, 5) is 15.2. The van der Waals surface area contributed by atoms with Crippen molar-refractivity contribution in [2.24, 2.45) is 5.92 Å². The van der Waals surface area contributed by atoms with Gasteiger partial charge in [0.2, 0.25) is 0 Å². The van der Waals surface area contributed by atoms with Crippen molar-refractivity contribution in [2.45, 2.75) is 37.8 Å². The SMILES string of the molecule is CN1CCCC2CC(NC(=O)C(=N)c3cc(-c4ccc(F)cc4)ccc3N)CC21. The molecule has 2 aromatic rings. The second kappa shape index (κ2) is 7.95. The summed E-state index contributed by atoms with van der Waals surface area (Å²) in [5.74, 6) is -0.0707. The van der Waals surface area contributed by atoms with Crippen molar-refractivity contribution in [3.05, 3.63) is 53.8 Å². The molecule has 2 aromatic carbocycles. The smallest absolute Gasteiger partial charge is 0.270 e. The van der Waals surface area contributed by atoms with Gasteiger partial charge in [-0.3, -0.25) is 10.2 Å². The van der Waals surface area contributed by atoms with E-state index in [0.29, 0.717) is 23.2 Å². The van der Waals surface area contributed by atoms with E-state index in [2.05, 4.69) is 17.3 Å². The highest BCUT2D eigenvalue weighted by atomic mass is 19.1. The van der Waals surface area contributed by atoms with Crippen LogP contribution in [-0.4, -0.2) is 42.2 Å². The Labute approximate surface area is 170 Å². The number of piperidine rings is 1. The van der Waals surface area contributed by atoms with Gasteiger partial charge in [0.1, 0.15) is 11.5 Å². The van der Waals surface area contributed by atoms with Gasteiger partial charge in [-0.05, 0) is 80.6 Å². The molecule has 3 atom stereocenters. The van der Waals surface area contributed by atoms with Crippen molar-refractivity contribution in [1.82, 2.24) is 10.2 Å². The first-order chi connectivity index (χ1) is 13.9. The number of amides is 1. The van der Waals surface area contributed by atoms with Crippen LogP contribution in [0.4, 0.5) is 10.1 Å². The molecular formula is C23H27FN4O. The number of carbonyl (C=O) groups is 1. The van der Waals surface area contributed by atoms with Crippen LogP contribution in [0.5, 0.6) is 0 Å². The Morgan fingerprint density at radius 1 is 1.17 bits per heavy atom. The molecule has 6 heteroatoms. The van der Waals surface area contributed by atoms with Gasteiger partial charge in [-0.15, -0.1) is 0 Å². The number of rotatable bonds is 4. The van der Waals surface area contributed by atoms with Gasteiger partial charge in [-0.2, -0.15) is 0 Å². The Morgan fingerprint density at radius 3 is 2.62 bits per heavy atom. The lowest BCUT2D eigenvalue weighted by atomic mass is 9.92. The summed E-state index contributed by atoms with van der Waals surface area (Å²) < 4.78 is 13.2. The van der Waals surface area contributed by atoms with E-state index in [1.165, 1.54) is 25.0 Å². The fraction of sp³-hybridized carbons (Fsp3) is 0.391. The first-order valence-electron chi connectivity index (χ1n) is 10.2. The molecule has 0 radical (unpaired) electrons. The van der Waals surface area contributed by atoms with Crippen molar-refractivity contribution < 1.29 is 9.18 Å². The van der Waals surface area contributed by atoms with Gasteiger partial charge in [-0.25, -0.2) is 4.39 Å². The number of hydrogen-bond acceptors (Lipinski definition) is 4. The minimum absolute atomic E-state index is 0.0971. The zero-order valence-electron chi connectivity index (χ0n) is 16.6. The highest BCUT2D eigenvalue weighted by molar-refractivity contribution is 6.45. The molecule has 1 aliphatic carbocycles. The molecule has 0 bridgehead atoms. The van der Waals surface area contributed by atoms with Crippen LogP contribution in [0.2, 0.25) is 0 Å². The van der Waals surface area contributed by atoms with E-state index in [1.807, 2.05) is 6.07 Å². The predicted octanol–water partition coefficient (Wildman–Crippen LogP) is 3.43. The van der Waals surface area contributed by atoms with E-state index in [4.69, 9.17) is 11.1 Å². The van der Waals surface area contributed by atoms with Crippen molar-refractivity contribution in [3.8, 4) is 11.1 Å². The Hall–Kier alpha value is -2.73. The summed E-state index contributed by atoms with van der Waals surface area (Å²) in [6, 6.07) is 12.0. The molecule has 2 fully saturated rings. The predicted molar refractivity (Wildman–Crippen MR) is 113 cm³/mol. The van der Waals surface area contributed by atoms with E-state index in [1.54, 1.807) is 24.3 Å². The van der Waals surface area contributed by atoms with E-state index in [9.17, 15) is 9.18 Å². The number of nitrogens with zero attached hydrogens (tertiary/aromatic N) is 1. The Morgan fingerprint density at radius 2 is 1.90 bits per heavy atom. The van der Waals surface area contributed by atoms with Gasteiger partial charge in [0.15, 0.2) is 0 Å². The minimum Gasteiger partial charge on any atom is -0.398 e. The molecule has 0 aromatic heterocycles. The standard InChI is InChI=1S/C23H27FN4O/c1-28-10-2-3-16-11-18(13-21(16)28)27-23(29)22(26)19-12-15(6-9-20(19)25)14-4-7-17(24)8-5-14/h4-9,12,16,18,21,26H,2-3,10-11,13,25H2,1H3,(H,27,29). The van der Waals surface area contributed by atoms with Gasteiger partial charge >= 0.3 is 0 Å². The maximum absolute atomic E-state index is 13.2. The number of anilines is 1. The number of halogens is 1. The average molecular weight is 394 g/mol. The third kappa shape index (κ3) is 4.03. The van der Waals surface area contributed by atoms with Crippen LogP contribution in [0.15, 0.2) is 42.5 Å². The molecule has 1 aliphatic heterocycles. The van der Waals surface area contributed by atoms with E-state index in [0.717, 1.165) is 30.5 Å². The number of nitrogens with one attached hydrogen (secondary N) is 2. The van der Waals surface area contributed by atoms with Crippen molar-refractivity contribution in [2.75, 3.05) is 19.3 Å². The lowest BCUT2D eigenvalue weighted by Crippen LogP contribution is -2.41. The second-order valence-electron chi connectivity index (χ2n) is 8.28. The summed E-state index contributed by atoms with van der Waals surface area (Å²) in [7, 11) is 2.16. The van der Waals surface area contributed by atoms with Gasteiger partial charge in [0.25, 0.3) is 5.91 Å². The molecule has 1 saturated heterocycles. The normalized spacial score (nSPS) is 24.1. The van der Waals surface area contributed by atoms with Crippen LogP contribution in [0.25, 0.3) is 11.1 Å². The lowest BCUT2D eigenvalue weighted by molar-refractivity contribution is -0.115. The maximum Gasteiger partial charge on any atom is 0.270 e. The summed E-state index contributed by atoms with van der Waals surface area (Å²) in [6.07, 6.45) is 4.33. The fourth-order valence-corrected chi connectivity index (χ4v) is 4.81. The number of likely N-dealkylation sites (tertiary alicyclic amines) is 1. The van der Waals surface area contributed by atoms with Gasteiger partial charge < -0.3 is 16.0 Å². The fourth-order valence-electron chi connectivity index (χ4n) is 4.81. The largest absolute Gasteiger partial charge is 0.398 e. The molecule has 1 saturated carbocycles. The number of benzene rings is 2. The Balaban J connectivity index is 1.48. The van der Waals surface area contributed by atoms with Crippen LogP contribution < -0.4 is 11.1 Å². The van der Waals surface area contributed by atoms with Gasteiger partial charge in [0, 0.05) is 23.3 Å². The molecule has 0 spiro atoms. The topological polar surface area (TPSA) is 82.2 Å². The Kier molecular flexibility index (Phi) is 5.37. The Bertz CT molecular complexity index is 927. The molecule has 3 unspecified atom stereocenters. The molecule has 29 heavy (non-hydrogen) atoms. The van der Waals surface area contributed by atoms with Crippen LogP contribution in [0, 0.1) is 17.1 Å². The van der Waals surface area contributed by atoms with Gasteiger partial charge in [-0.1, -0.05) is 18.2 Å². The number of nitrogen functional groups attached to an aromatic ring is 1. The molecule has 4 N–H and O–H groups in total. The summed E-state index contributed by atoms with van der Waals surface area (Å²) >= 11 is 0. The molecule has 1 heterocycles. The molecule has 5 nitrogen and oxygen atoms in total. The molecule has 4 rings (SSSR count). The second-order valence-corrected chi connectivity index (χ2v) is 8.28. The summed E-state index contributed by atoms with van der Waals surface area (Å²) in [5, 5.41) is 11.5. The highest BCUT2D eigenvalue weighted by Crippen LogP contribution is 2.36. The number of fused-ring (bicyclic) bond motifs is 1. The van der Waals surface area contributed by atoms with Crippen molar-refractivity contribution in [3.63, 3.8) is 0 Å². The van der Waals surface area contributed by atoms with Crippen LogP contribution in [0.1, 0.15) is 31.2 Å². The third-order valence-corrected chi connectivity index (χ3v) is 6.37. The van der Waals surface area contributed by atoms with Gasteiger partial charge in [0.05, 0.1) is 0 Å². The minimum atomic E-state index is -0.390. The maximum atomic E-state index is 13.2. The monoisotopic (exact) mass is 394 g/mol. The molecule has 1 amide bonds. The molecule has 152 valence electrons. The van der Waals surface area contributed by atoms with E-state index in [-0.39, 0.29) is 23.5 Å². The van der Waals surface area contributed by atoms with Crippen LogP contribution in [0.3, 0.4) is 0 Å². The lowest BCUT2D eigenvalue weighted by Gasteiger charge is -2.34. The van der Waals surface area contributed by atoms with Crippen molar-refractivity contribution in [1.29, 1.82) is 5.41 Å². The number of carbonyl (C=O) groups excluding carboxylic acids is 1. The summed E-state index contributed by atoms with van der Waals surface area (Å²) in [6.45, 7) is 1.12.